The molecule has 0 amide bonds. The number of rotatable bonds is 2. The molecular formula is C7H12O6. The Morgan fingerprint density at radius 3 is 2.62 bits per heavy atom. The SMILES string of the molecule is CO[C@@H]1[C@@H](O)[C@@H](O)C(=O)O[C@H]1CO. The summed E-state index contributed by atoms with van der Waals surface area (Å²) >= 11 is 0. The van der Waals surface area contributed by atoms with E-state index in [9.17, 15) is 9.90 Å². The van der Waals surface area contributed by atoms with Gasteiger partial charge in [-0.25, -0.2) is 4.79 Å². The first-order valence-electron chi connectivity index (χ1n) is 3.82. The van der Waals surface area contributed by atoms with Gasteiger partial charge in [0.1, 0.15) is 12.2 Å². The highest BCUT2D eigenvalue weighted by atomic mass is 16.6. The second-order valence-electron chi connectivity index (χ2n) is 2.79. The zero-order valence-electron chi connectivity index (χ0n) is 7.08. The quantitative estimate of drug-likeness (QED) is 0.423. The predicted octanol–water partition coefficient (Wildman–Crippen LogP) is -2.36. The van der Waals surface area contributed by atoms with Crippen LogP contribution in [0.4, 0.5) is 0 Å². The maximum absolute atomic E-state index is 10.8. The number of esters is 1. The lowest BCUT2D eigenvalue weighted by Gasteiger charge is -2.35. The molecule has 0 aromatic heterocycles. The van der Waals surface area contributed by atoms with Gasteiger partial charge in [-0.15, -0.1) is 0 Å². The number of aliphatic hydroxyl groups is 3. The molecule has 1 heterocycles. The Bertz CT molecular complexity index is 191. The van der Waals surface area contributed by atoms with Crippen molar-refractivity contribution in [3.8, 4) is 0 Å². The van der Waals surface area contributed by atoms with Crippen molar-refractivity contribution in [1.82, 2.24) is 0 Å². The van der Waals surface area contributed by atoms with Gasteiger partial charge in [-0.1, -0.05) is 0 Å². The standard InChI is InChI=1S/C7H12O6/c1-12-6-3(2-8)13-7(11)5(10)4(6)9/h3-6,8-10H,2H2,1H3/t3-,4-,5+,6-/m0/s1. The maximum Gasteiger partial charge on any atom is 0.338 e. The molecule has 0 aliphatic carbocycles. The van der Waals surface area contributed by atoms with Gasteiger partial charge in [0.25, 0.3) is 0 Å². The summed E-state index contributed by atoms with van der Waals surface area (Å²) < 4.78 is 9.38. The van der Waals surface area contributed by atoms with E-state index in [1.165, 1.54) is 7.11 Å². The molecule has 6 nitrogen and oxygen atoms in total. The van der Waals surface area contributed by atoms with Crippen molar-refractivity contribution < 1.29 is 29.6 Å². The Balaban J connectivity index is 2.74. The van der Waals surface area contributed by atoms with Gasteiger partial charge >= 0.3 is 5.97 Å². The van der Waals surface area contributed by atoms with Crippen molar-refractivity contribution in [3.05, 3.63) is 0 Å². The molecule has 76 valence electrons. The van der Waals surface area contributed by atoms with Crippen LogP contribution >= 0.6 is 0 Å². The third-order valence-electron chi connectivity index (χ3n) is 1.99. The van der Waals surface area contributed by atoms with E-state index in [-0.39, 0.29) is 0 Å². The van der Waals surface area contributed by atoms with Gasteiger partial charge < -0.3 is 24.8 Å². The normalized spacial score (nSPS) is 40.2. The average molecular weight is 192 g/mol. The Kier molecular flexibility index (Phi) is 3.21. The van der Waals surface area contributed by atoms with Gasteiger partial charge in [0.2, 0.25) is 0 Å². The number of carbonyl (C=O) groups excluding carboxylic acids is 1. The molecule has 0 unspecified atom stereocenters. The Labute approximate surface area is 74.7 Å². The van der Waals surface area contributed by atoms with Crippen molar-refractivity contribution >= 4 is 5.97 Å². The fraction of sp³-hybridized carbons (Fsp3) is 0.857. The van der Waals surface area contributed by atoms with E-state index in [2.05, 4.69) is 4.74 Å². The molecule has 0 saturated carbocycles. The summed E-state index contributed by atoms with van der Waals surface area (Å²) in [5.41, 5.74) is 0. The molecule has 1 aliphatic rings. The Morgan fingerprint density at radius 2 is 2.15 bits per heavy atom. The zero-order chi connectivity index (χ0) is 10.0. The molecule has 0 radical (unpaired) electrons. The summed E-state index contributed by atoms with van der Waals surface area (Å²) in [6.07, 6.45) is -4.77. The topological polar surface area (TPSA) is 96.2 Å². The van der Waals surface area contributed by atoms with Crippen LogP contribution in [0.15, 0.2) is 0 Å². The number of carbonyl (C=O) groups is 1. The molecule has 3 N–H and O–H groups in total. The van der Waals surface area contributed by atoms with Crippen LogP contribution in [0.5, 0.6) is 0 Å². The van der Waals surface area contributed by atoms with Crippen LogP contribution in [0.1, 0.15) is 0 Å². The van der Waals surface area contributed by atoms with E-state index in [0.29, 0.717) is 0 Å². The molecule has 1 aliphatic heterocycles. The molecule has 0 aromatic carbocycles. The summed E-state index contributed by atoms with van der Waals surface area (Å²) in [5.74, 6) is -0.945. The van der Waals surface area contributed by atoms with Crippen LogP contribution in [0.25, 0.3) is 0 Å². The Hall–Kier alpha value is -0.690. The molecule has 0 spiro atoms. The minimum atomic E-state index is -1.60. The first-order valence-corrected chi connectivity index (χ1v) is 3.82. The van der Waals surface area contributed by atoms with E-state index < -0.39 is 37.0 Å². The zero-order valence-corrected chi connectivity index (χ0v) is 7.08. The van der Waals surface area contributed by atoms with Gasteiger partial charge in [0, 0.05) is 7.11 Å². The highest BCUT2D eigenvalue weighted by Gasteiger charge is 2.44. The van der Waals surface area contributed by atoms with Crippen molar-refractivity contribution in [1.29, 1.82) is 0 Å². The van der Waals surface area contributed by atoms with Crippen LogP contribution in [-0.4, -0.2) is 59.4 Å². The molecule has 1 rings (SSSR count). The lowest BCUT2D eigenvalue weighted by molar-refractivity contribution is -0.211. The minimum absolute atomic E-state index is 0.450. The Morgan fingerprint density at radius 1 is 1.54 bits per heavy atom. The van der Waals surface area contributed by atoms with E-state index in [1.54, 1.807) is 0 Å². The highest BCUT2D eigenvalue weighted by Crippen LogP contribution is 2.18. The number of hydrogen-bond donors (Lipinski definition) is 3. The third kappa shape index (κ3) is 1.80. The summed E-state index contributed by atoms with van der Waals surface area (Å²) in [7, 11) is 1.29. The molecule has 0 bridgehead atoms. The lowest BCUT2D eigenvalue weighted by Crippen LogP contribution is -2.57. The first-order chi connectivity index (χ1) is 6.11. The van der Waals surface area contributed by atoms with Crippen LogP contribution in [-0.2, 0) is 14.3 Å². The lowest BCUT2D eigenvalue weighted by atomic mass is 10.00. The van der Waals surface area contributed by atoms with Crippen LogP contribution < -0.4 is 0 Å². The average Bonchev–Trinajstić information content (AvgIpc) is 2.13. The monoisotopic (exact) mass is 192 g/mol. The van der Waals surface area contributed by atoms with Gasteiger partial charge in [-0.2, -0.15) is 0 Å². The number of ether oxygens (including phenoxy) is 2. The maximum atomic E-state index is 10.8. The second kappa shape index (κ2) is 4.01. The molecular weight excluding hydrogens is 180 g/mol. The largest absolute Gasteiger partial charge is 0.455 e. The van der Waals surface area contributed by atoms with Gasteiger partial charge in [-0.05, 0) is 0 Å². The molecule has 13 heavy (non-hydrogen) atoms. The molecule has 1 fully saturated rings. The van der Waals surface area contributed by atoms with Gasteiger partial charge in [-0.3, -0.25) is 0 Å². The van der Waals surface area contributed by atoms with Gasteiger partial charge in [0.15, 0.2) is 12.2 Å². The minimum Gasteiger partial charge on any atom is -0.455 e. The smallest absolute Gasteiger partial charge is 0.338 e. The van der Waals surface area contributed by atoms with Crippen molar-refractivity contribution in [2.45, 2.75) is 24.4 Å². The fourth-order valence-corrected chi connectivity index (χ4v) is 1.26. The van der Waals surface area contributed by atoms with E-state index in [1.807, 2.05) is 0 Å². The van der Waals surface area contributed by atoms with Crippen LogP contribution in [0, 0.1) is 0 Å². The summed E-state index contributed by atoms with van der Waals surface area (Å²) in [6, 6.07) is 0. The van der Waals surface area contributed by atoms with Crippen LogP contribution in [0.2, 0.25) is 0 Å². The second-order valence-corrected chi connectivity index (χ2v) is 2.79. The number of cyclic esters (lactones) is 1. The van der Waals surface area contributed by atoms with Crippen LogP contribution in [0.3, 0.4) is 0 Å². The van der Waals surface area contributed by atoms with E-state index >= 15 is 0 Å². The molecule has 1 saturated heterocycles. The van der Waals surface area contributed by atoms with E-state index in [0.717, 1.165) is 0 Å². The number of hydrogen-bond acceptors (Lipinski definition) is 6. The number of aliphatic hydroxyl groups excluding tert-OH is 3. The van der Waals surface area contributed by atoms with E-state index in [4.69, 9.17) is 14.9 Å². The number of methoxy groups -OCH3 is 1. The summed E-state index contributed by atoms with van der Waals surface area (Å²) in [5, 5.41) is 27.2. The van der Waals surface area contributed by atoms with Crippen molar-refractivity contribution in [3.63, 3.8) is 0 Å². The third-order valence-corrected chi connectivity index (χ3v) is 1.99. The van der Waals surface area contributed by atoms with Crippen molar-refractivity contribution in [2.75, 3.05) is 13.7 Å². The fourth-order valence-electron chi connectivity index (χ4n) is 1.26. The molecule has 4 atom stereocenters. The molecule has 6 heteroatoms. The summed E-state index contributed by atoms with van der Waals surface area (Å²) in [6.45, 7) is -0.450. The molecule has 0 aromatic rings. The van der Waals surface area contributed by atoms with Crippen molar-refractivity contribution in [2.24, 2.45) is 0 Å². The predicted molar refractivity (Wildman–Crippen MR) is 39.8 cm³/mol. The summed E-state index contributed by atoms with van der Waals surface area (Å²) in [4.78, 5) is 10.8. The first kappa shape index (κ1) is 10.4. The highest BCUT2D eigenvalue weighted by molar-refractivity contribution is 5.76. The van der Waals surface area contributed by atoms with Gasteiger partial charge in [0.05, 0.1) is 6.61 Å².